The molecule has 0 amide bonds. The number of guanidine groups is 1. The summed E-state index contributed by atoms with van der Waals surface area (Å²) in [6.45, 7) is 5.96. The predicted molar refractivity (Wildman–Crippen MR) is 99.8 cm³/mol. The van der Waals surface area contributed by atoms with Crippen LogP contribution in [0.1, 0.15) is 25.3 Å². The van der Waals surface area contributed by atoms with E-state index in [0.717, 1.165) is 57.3 Å². The number of aliphatic imine (C=N–C) groups is 1. The van der Waals surface area contributed by atoms with Gasteiger partial charge in [-0.05, 0) is 36.6 Å². The third kappa shape index (κ3) is 3.66. The fraction of sp³-hybridized carbons (Fsp3) is 0.611. The van der Waals surface area contributed by atoms with Crippen LogP contribution in [0.2, 0.25) is 0 Å². The van der Waals surface area contributed by atoms with E-state index in [0.29, 0.717) is 0 Å². The SMILES string of the molecule is CCSC1(CNC(=NC)N2CCc3ccccc32)CCOCC1. The van der Waals surface area contributed by atoms with Crippen molar-refractivity contribution in [2.75, 3.05) is 44.0 Å². The van der Waals surface area contributed by atoms with Crippen LogP contribution in [0, 0.1) is 0 Å². The normalized spacial score (nSPS) is 20.4. The smallest absolute Gasteiger partial charge is 0.198 e. The van der Waals surface area contributed by atoms with Crippen LogP contribution < -0.4 is 10.2 Å². The molecule has 3 rings (SSSR count). The second-order valence-electron chi connectivity index (χ2n) is 6.16. The van der Waals surface area contributed by atoms with Gasteiger partial charge >= 0.3 is 0 Å². The second kappa shape index (κ2) is 7.58. The molecule has 23 heavy (non-hydrogen) atoms. The first-order chi connectivity index (χ1) is 11.3. The van der Waals surface area contributed by atoms with E-state index in [4.69, 9.17) is 4.74 Å². The first-order valence-electron chi connectivity index (χ1n) is 8.56. The molecule has 0 radical (unpaired) electrons. The van der Waals surface area contributed by atoms with Crippen molar-refractivity contribution in [3.05, 3.63) is 29.8 Å². The van der Waals surface area contributed by atoms with Crippen LogP contribution in [-0.2, 0) is 11.2 Å². The van der Waals surface area contributed by atoms with Gasteiger partial charge in [-0.25, -0.2) is 0 Å². The molecule has 126 valence electrons. The molecule has 1 fully saturated rings. The summed E-state index contributed by atoms with van der Waals surface area (Å²) in [5.74, 6) is 2.14. The summed E-state index contributed by atoms with van der Waals surface area (Å²) in [5, 5.41) is 3.65. The van der Waals surface area contributed by atoms with Crippen molar-refractivity contribution in [1.82, 2.24) is 5.32 Å². The van der Waals surface area contributed by atoms with Gasteiger partial charge in [0.05, 0.1) is 0 Å². The standard InChI is InChI=1S/C18H27N3OS/c1-3-23-18(9-12-22-13-10-18)14-20-17(19-2)21-11-8-15-6-4-5-7-16(15)21/h4-7H,3,8-14H2,1-2H3,(H,19,20). The molecule has 2 aliphatic rings. The Labute approximate surface area is 143 Å². The number of nitrogens with one attached hydrogen (secondary N) is 1. The average Bonchev–Trinajstić information content (AvgIpc) is 3.01. The Kier molecular flexibility index (Phi) is 5.49. The summed E-state index contributed by atoms with van der Waals surface area (Å²) in [5.41, 5.74) is 2.71. The van der Waals surface area contributed by atoms with E-state index in [1.165, 1.54) is 11.3 Å². The Bertz CT molecular complexity index is 549. The Morgan fingerprint density at radius 3 is 2.87 bits per heavy atom. The zero-order valence-corrected chi connectivity index (χ0v) is 15.0. The molecule has 5 heteroatoms. The molecule has 2 heterocycles. The highest BCUT2D eigenvalue weighted by Gasteiger charge is 2.33. The molecule has 0 bridgehead atoms. The van der Waals surface area contributed by atoms with Crippen molar-refractivity contribution in [2.24, 2.45) is 4.99 Å². The number of thioether (sulfide) groups is 1. The topological polar surface area (TPSA) is 36.9 Å². The fourth-order valence-electron chi connectivity index (χ4n) is 3.52. The summed E-state index contributed by atoms with van der Waals surface area (Å²) in [7, 11) is 1.88. The van der Waals surface area contributed by atoms with Crippen molar-refractivity contribution < 1.29 is 4.74 Å². The lowest BCUT2D eigenvalue weighted by Crippen LogP contribution is -2.49. The maximum atomic E-state index is 5.57. The summed E-state index contributed by atoms with van der Waals surface area (Å²) in [4.78, 5) is 6.85. The van der Waals surface area contributed by atoms with Crippen LogP contribution in [0.3, 0.4) is 0 Å². The maximum Gasteiger partial charge on any atom is 0.198 e. The van der Waals surface area contributed by atoms with Gasteiger partial charge in [0.15, 0.2) is 5.96 Å². The van der Waals surface area contributed by atoms with Gasteiger partial charge in [0.2, 0.25) is 0 Å². The molecule has 0 spiro atoms. The van der Waals surface area contributed by atoms with Crippen LogP contribution in [-0.4, -0.2) is 49.8 Å². The van der Waals surface area contributed by atoms with E-state index in [9.17, 15) is 0 Å². The lowest BCUT2D eigenvalue weighted by molar-refractivity contribution is 0.0782. The van der Waals surface area contributed by atoms with E-state index in [2.05, 4.69) is 58.2 Å². The van der Waals surface area contributed by atoms with Gasteiger partial charge in [0.25, 0.3) is 0 Å². The number of nitrogens with zero attached hydrogens (tertiary/aromatic N) is 2. The lowest BCUT2D eigenvalue weighted by Gasteiger charge is -2.37. The van der Waals surface area contributed by atoms with E-state index in [1.807, 2.05) is 7.05 Å². The van der Waals surface area contributed by atoms with E-state index in [-0.39, 0.29) is 4.75 Å². The number of anilines is 1. The van der Waals surface area contributed by atoms with Crippen LogP contribution >= 0.6 is 11.8 Å². The van der Waals surface area contributed by atoms with Gasteiger partial charge < -0.3 is 15.0 Å². The first-order valence-corrected chi connectivity index (χ1v) is 9.54. The minimum Gasteiger partial charge on any atom is -0.381 e. The highest BCUT2D eigenvalue weighted by Crippen LogP contribution is 2.35. The molecule has 4 nitrogen and oxygen atoms in total. The Balaban J connectivity index is 1.68. The predicted octanol–water partition coefficient (Wildman–Crippen LogP) is 2.93. The van der Waals surface area contributed by atoms with Crippen molar-refractivity contribution in [3.8, 4) is 0 Å². The van der Waals surface area contributed by atoms with Gasteiger partial charge in [-0.1, -0.05) is 25.1 Å². The molecule has 0 unspecified atom stereocenters. The average molecular weight is 334 g/mol. The highest BCUT2D eigenvalue weighted by molar-refractivity contribution is 8.00. The van der Waals surface area contributed by atoms with Crippen LogP contribution in [0.4, 0.5) is 5.69 Å². The van der Waals surface area contributed by atoms with Crippen molar-refractivity contribution >= 4 is 23.4 Å². The van der Waals surface area contributed by atoms with Crippen LogP contribution in [0.5, 0.6) is 0 Å². The Morgan fingerprint density at radius 1 is 1.35 bits per heavy atom. The fourth-order valence-corrected chi connectivity index (χ4v) is 4.76. The molecule has 0 saturated carbocycles. The number of hydrogen-bond acceptors (Lipinski definition) is 3. The Morgan fingerprint density at radius 2 is 2.13 bits per heavy atom. The zero-order chi connectivity index (χ0) is 16.1. The number of benzene rings is 1. The first kappa shape index (κ1) is 16.7. The highest BCUT2D eigenvalue weighted by atomic mass is 32.2. The molecule has 1 N–H and O–H groups in total. The van der Waals surface area contributed by atoms with Gasteiger partial charge in [0.1, 0.15) is 0 Å². The molecule has 0 aliphatic carbocycles. The lowest BCUT2D eigenvalue weighted by atomic mass is 9.99. The summed E-state index contributed by atoms with van der Waals surface area (Å²) < 4.78 is 5.85. The largest absolute Gasteiger partial charge is 0.381 e. The van der Waals surface area contributed by atoms with Crippen molar-refractivity contribution in [1.29, 1.82) is 0 Å². The van der Waals surface area contributed by atoms with Gasteiger partial charge in [-0.3, -0.25) is 4.99 Å². The molecule has 1 aromatic rings. The van der Waals surface area contributed by atoms with E-state index >= 15 is 0 Å². The number of hydrogen-bond donors (Lipinski definition) is 1. The van der Waals surface area contributed by atoms with Crippen LogP contribution in [0.15, 0.2) is 29.3 Å². The zero-order valence-electron chi connectivity index (χ0n) is 14.2. The van der Waals surface area contributed by atoms with Crippen molar-refractivity contribution in [3.63, 3.8) is 0 Å². The minimum absolute atomic E-state index is 0.280. The number of ether oxygens (including phenoxy) is 1. The van der Waals surface area contributed by atoms with Gasteiger partial charge in [-0.2, -0.15) is 11.8 Å². The van der Waals surface area contributed by atoms with Crippen molar-refractivity contribution in [2.45, 2.75) is 30.9 Å². The summed E-state index contributed by atoms with van der Waals surface area (Å²) >= 11 is 2.06. The molecule has 1 saturated heterocycles. The minimum atomic E-state index is 0.280. The maximum absolute atomic E-state index is 5.57. The van der Waals surface area contributed by atoms with Gasteiger partial charge in [0, 0.05) is 43.8 Å². The van der Waals surface area contributed by atoms with E-state index in [1.54, 1.807) is 0 Å². The number of rotatable bonds is 4. The van der Waals surface area contributed by atoms with E-state index < -0.39 is 0 Å². The number of para-hydroxylation sites is 1. The molecular formula is C18H27N3OS. The summed E-state index contributed by atoms with van der Waals surface area (Å²) in [6, 6.07) is 8.64. The van der Waals surface area contributed by atoms with Crippen LogP contribution in [0.25, 0.3) is 0 Å². The van der Waals surface area contributed by atoms with Gasteiger partial charge in [-0.15, -0.1) is 0 Å². The quantitative estimate of drug-likeness (QED) is 0.679. The molecule has 0 atom stereocenters. The monoisotopic (exact) mass is 333 g/mol. The second-order valence-corrected chi connectivity index (χ2v) is 7.89. The molecule has 2 aliphatic heterocycles. The summed E-state index contributed by atoms with van der Waals surface area (Å²) in [6.07, 6.45) is 3.33. The number of fused-ring (bicyclic) bond motifs is 1. The Hall–Kier alpha value is -1.20. The third-order valence-electron chi connectivity index (χ3n) is 4.78. The third-order valence-corrected chi connectivity index (χ3v) is 6.23. The molecule has 0 aromatic heterocycles. The molecule has 1 aromatic carbocycles. The molecular weight excluding hydrogens is 306 g/mol.